The fourth-order valence-corrected chi connectivity index (χ4v) is 4.42. The molecule has 1 aliphatic carbocycles. The van der Waals surface area contributed by atoms with Crippen molar-refractivity contribution in [3.63, 3.8) is 0 Å². The zero-order chi connectivity index (χ0) is 23.0. The number of amides is 1. The van der Waals surface area contributed by atoms with E-state index in [-0.39, 0.29) is 12.0 Å². The summed E-state index contributed by atoms with van der Waals surface area (Å²) in [6.07, 6.45) is -0.338. The molecule has 0 N–H and O–H groups in total. The predicted molar refractivity (Wildman–Crippen MR) is 129 cm³/mol. The van der Waals surface area contributed by atoms with Crippen molar-refractivity contribution < 1.29 is 23.4 Å². The fraction of sp³-hybridized carbons (Fsp3) is 0.480. The lowest BCUT2D eigenvalue weighted by Gasteiger charge is -2.20. The van der Waals surface area contributed by atoms with Crippen LogP contribution in [0.25, 0.3) is 11.1 Å². The molecular weight excluding hydrogens is 422 g/mol. The molecular formula is C25H35NO5Si. The average molecular weight is 458 g/mol. The molecule has 0 saturated carbocycles. The Hall–Kier alpha value is -2.19. The van der Waals surface area contributed by atoms with Crippen molar-refractivity contribution in [3.8, 4) is 11.1 Å². The maximum Gasteiger partial charge on any atom is 0.409 e. The van der Waals surface area contributed by atoms with Gasteiger partial charge < -0.3 is 23.5 Å². The highest BCUT2D eigenvalue weighted by Crippen LogP contribution is 2.44. The molecule has 174 valence electrons. The third-order valence-electron chi connectivity index (χ3n) is 5.35. The first-order chi connectivity index (χ1) is 15.4. The van der Waals surface area contributed by atoms with Crippen LogP contribution in [0.3, 0.4) is 0 Å². The molecule has 3 rings (SSSR count). The number of carbonyl (C=O) groups is 1. The standard InChI is InChI=1S/C25H35NO5Si/c1-26(13-14-28-15-16-29-17-18-31-32(2,3)4)25(27)30-19-24-22-11-7-5-9-20(22)21-10-6-8-12-23(21)24/h5-12,24H,13-19H2,1-4H3. The van der Waals surface area contributed by atoms with Crippen LogP contribution in [0.1, 0.15) is 17.0 Å². The van der Waals surface area contributed by atoms with Crippen LogP contribution in [0, 0.1) is 0 Å². The second-order valence-electron chi connectivity index (χ2n) is 8.91. The number of likely N-dealkylation sites (N-methyl/N-ethyl adjacent to an activating group) is 1. The van der Waals surface area contributed by atoms with Gasteiger partial charge in [0.25, 0.3) is 0 Å². The molecule has 1 amide bonds. The Morgan fingerprint density at radius 3 is 1.97 bits per heavy atom. The van der Waals surface area contributed by atoms with E-state index in [0.717, 1.165) is 0 Å². The molecule has 0 aliphatic heterocycles. The van der Waals surface area contributed by atoms with Gasteiger partial charge in [-0.05, 0) is 41.9 Å². The van der Waals surface area contributed by atoms with Crippen molar-refractivity contribution in [3.05, 3.63) is 59.7 Å². The fourth-order valence-electron chi connectivity index (χ4n) is 3.73. The Morgan fingerprint density at radius 1 is 0.844 bits per heavy atom. The smallest absolute Gasteiger partial charge is 0.409 e. The lowest BCUT2D eigenvalue weighted by Crippen LogP contribution is -2.32. The van der Waals surface area contributed by atoms with Gasteiger partial charge in [0.05, 0.1) is 33.0 Å². The van der Waals surface area contributed by atoms with Gasteiger partial charge >= 0.3 is 6.09 Å². The number of nitrogens with zero attached hydrogens (tertiary/aromatic N) is 1. The summed E-state index contributed by atoms with van der Waals surface area (Å²) in [5.41, 5.74) is 4.87. The SMILES string of the molecule is CN(CCOCCOCCO[Si](C)(C)C)C(=O)OCC1c2ccccc2-c2ccccc21. The summed E-state index contributed by atoms with van der Waals surface area (Å²) in [7, 11) is 0.256. The van der Waals surface area contributed by atoms with E-state index < -0.39 is 8.32 Å². The zero-order valence-electron chi connectivity index (χ0n) is 19.6. The summed E-state index contributed by atoms with van der Waals surface area (Å²) >= 11 is 0. The normalized spacial score (nSPS) is 13.0. The molecule has 0 radical (unpaired) electrons. The van der Waals surface area contributed by atoms with Gasteiger partial charge in [0.1, 0.15) is 6.61 Å². The molecule has 0 heterocycles. The first kappa shape index (κ1) is 24.4. The molecule has 2 aromatic rings. The zero-order valence-corrected chi connectivity index (χ0v) is 20.6. The van der Waals surface area contributed by atoms with Crippen LogP contribution in [0.15, 0.2) is 48.5 Å². The van der Waals surface area contributed by atoms with Gasteiger partial charge in [0, 0.05) is 19.5 Å². The number of hydrogen-bond acceptors (Lipinski definition) is 5. The Bertz CT molecular complexity index is 837. The van der Waals surface area contributed by atoms with Gasteiger partial charge in [-0.3, -0.25) is 0 Å². The van der Waals surface area contributed by atoms with E-state index in [1.54, 1.807) is 11.9 Å². The highest BCUT2D eigenvalue weighted by molar-refractivity contribution is 6.69. The Balaban J connectivity index is 1.34. The van der Waals surface area contributed by atoms with Crippen molar-refractivity contribution >= 4 is 14.4 Å². The number of ether oxygens (including phenoxy) is 3. The van der Waals surface area contributed by atoms with Crippen LogP contribution in [-0.2, 0) is 18.6 Å². The van der Waals surface area contributed by atoms with E-state index in [1.165, 1.54) is 22.3 Å². The molecule has 0 spiro atoms. The second-order valence-corrected chi connectivity index (χ2v) is 13.4. The minimum Gasteiger partial charge on any atom is -0.448 e. The second kappa shape index (κ2) is 11.6. The van der Waals surface area contributed by atoms with E-state index >= 15 is 0 Å². The van der Waals surface area contributed by atoms with Crippen molar-refractivity contribution in [1.82, 2.24) is 4.90 Å². The average Bonchev–Trinajstić information content (AvgIpc) is 3.09. The van der Waals surface area contributed by atoms with Crippen LogP contribution in [0.4, 0.5) is 4.79 Å². The van der Waals surface area contributed by atoms with Gasteiger partial charge in [-0.25, -0.2) is 4.79 Å². The van der Waals surface area contributed by atoms with Crippen LogP contribution < -0.4 is 0 Å². The van der Waals surface area contributed by atoms with Crippen molar-refractivity contribution in [2.45, 2.75) is 25.6 Å². The molecule has 0 bridgehead atoms. The molecule has 32 heavy (non-hydrogen) atoms. The van der Waals surface area contributed by atoms with E-state index in [9.17, 15) is 4.79 Å². The van der Waals surface area contributed by atoms with Crippen LogP contribution >= 0.6 is 0 Å². The van der Waals surface area contributed by atoms with Gasteiger partial charge in [-0.1, -0.05) is 48.5 Å². The maximum absolute atomic E-state index is 12.5. The van der Waals surface area contributed by atoms with E-state index in [0.29, 0.717) is 46.2 Å². The first-order valence-corrected chi connectivity index (χ1v) is 14.6. The minimum absolute atomic E-state index is 0.0677. The monoisotopic (exact) mass is 457 g/mol. The summed E-state index contributed by atoms with van der Waals surface area (Å²) < 4.78 is 22.4. The predicted octanol–water partition coefficient (Wildman–Crippen LogP) is 4.75. The first-order valence-electron chi connectivity index (χ1n) is 11.2. The molecule has 2 aromatic carbocycles. The molecule has 7 heteroatoms. The van der Waals surface area contributed by atoms with E-state index in [1.807, 2.05) is 24.3 Å². The molecule has 0 unspecified atom stereocenters. The third kappa shape index (κ3) is 6.90. The number of benzene rings is 2. The van der Waals surface area contributed by atoms with Crippen molar-refractivity contribution in [2.75, 3.05) is 53.2 Å². The largest absolute Gasteiger partial charge is 0.448 e. The number of rotatable bonds is 12. The van der Waals surface area contributed by atoms with E-state index in [4.69, 9.17) is 18.6 Å². The van der Waals surface area contributed by atoms with Crippen molar-refractivity contribution in [1.29, 1.82) is 0 Å². The number of hydrogen-bond donors (Lipinski definition) is 0. The summed E-state index contributed by atoms with van der Waals surface area (Å²) in [6, 6.07) is 16.6. The molecule has 0 aromatic heterocycles. The van der Waals surface area contributed by atoms with Gasteiger partial charge in [-0.15, -0.1) is 0 Å². The molecule has 1 aliphatic rings. The van der Waals surface area contributed by atoms with Crippen LogP contribution in [-0.4, -0.2) is 72.5 Å². The number of fused-ring (bicyclic) bond motifs is 3. The molecule has 6 nitrogen and oxygen atoms in total. The lowest BCUT2D eigenvalue weighted by atomic mass is 9.98. The highest BCUT2D eigenvalue weighted by Gasteiger charge is 2.29. The van der Waals surface area contributed by atoms with Gasteiger partial charge in [0.2, 0.25) is 0 Å². The third-order valence-corrected chi connectivity index (χ3v) is 6.42. The van der Waals surface area contributed by atoms with Crippen LogP contribution in [0.5, 0.6) is 0 Å². The lowest BCUT2D eigenvalue weighted by molar-refractivity contribution is 0.0287. The van der Waals surface area contributed by atoms with Gasteiger partial charge in [-0.2, -0.15) is 0 Å². The Kier molecular flexibility index (Phi) is 8.87. The van der Waals surface area contributed by atoms with Gasteiger partial charge in [0.15, 0.2) is 8.32 Å². The molecule has 0 fully saturated rings. The Morgan fingerprint density at radius 2 is 1.38 bits per heavy atom. The summed E-state index contributed by atoms with van der Waals surface area (Å²) in [5.74, 6) is 0.0677. The van der Waals surface area contributed by atoms with Crippen molar-refractivity contribution in [2.24, 2.45) is 0 Å². The van der Waals surface area contributed by atoms with Crippen LogP contribution in [0.2, 0.25) is 19.6 Å². The molecule has 0 saturated heterocycles. The summed E-state index contributed by atoms with van der Waals surface area (Å²) in [6.45, 7) is 9.91. The maximum atomic E-state index is 12.5. The highest BCUT2D eigenvalue weighted by atomic mass is 28.4. The molecule has 0 atom stereocenters. The quantitative estimate of drug-likeness (QED) is 0.340. The number of carbonyl (C=O) groups excluding carboxylic acids is 1. The van der Waals surface area contributed by atoms with E-state index in [2.05, 4.69) is 43.9 Å². The summed E-state index contributed by atoms with van der Waals surface area (Å²) in [4.78, 5) is 14.0. The Labute approximate surface area is 192 Å². The minimum atomic E-state index is -1.47. The topological polar surface area (TPSA) is 57.2 Å². The summed E-state index contributed by atoms with van der Waals surface area (Å²) in [5, 5.41) is 0.